The molecule has 1 fully saturated rings. The van der Waals surface area contributed by atoms with Crippen molar-refractivity contribution in [3.05, 3.63) is 29.3 Å². The highest BCUT2D eigenvalue weighted by Crippen LogP contribution is 2.35. The zero-order valence-electron chi connectivity index (χ0n) is 9.29. The quantitative estimate of drug-likeness (QED) is 0.660. The highest BCUT2D eigenvalue weighted by Gasteiger charge is 2.43. The van der Waals surface area contributed by atoms with Gasteiger partial charge < -0.3 is 16.2 Å². The highest BCUT2D eigenvalue weighted by atomic mass is 16.3. The molecule has 1 amide bonds. The van der Waals surface area contributed by atoms with E-state index in [9.17, 15) is 4.79 Å². The topological polar surface area (TPSA) is 75.4 Å². The van der Waals surface area contributed by atoms with Gasteiger partial charge in [-0.05, 0) is 37.5 Å². The Bertz CT molecular complexity index is 425. The minimum Gasteiger partial charge on any atom is -0.399 e. The van der Waals surface area contributed by atoms with Gasteiger partial charge in [-0.3, -0.25) is 4.79 Å². The van der Waals surface area contributed by atoms with Gasteiger partial charge in [-0.1, -0.05) is 6.07 Å². The maximum Gasteiger partial charge on any atom is 0.252 e. The Labute approximate surface area is 94.5 Å². The van der Waals surface area contributed by atoms with Gasteiger partial charge in [0.1, 0.15) is 0 Å². The maximum atomic E-state index is 12.0. The highest BCUT2D eigenvalue weighted by molar-refractivity contribution is 5.97. The molecule has 1 saturated carbocycles. The number of nitrogens with one attached hydrogen (secondary N) is 1. The Kier molecular flexibility index (Phi) is 2.59. The molecule has 0 saturated heterocycles. The number of benzene rings is 1. The Morgan fingerprint density at radius 2 is 2.25 bits per heavy atom. The number of rotatable bonds is 3. The number of carbonyl (C=O) groups is 1. The summed E-state index contributed by atoms with van der Waals surface area (Å²) in [6, 6.07) is 5.26. The van der Waals surface area contributed by atoms with Crippen molar-refractivity contribution in [2.45, 2.75) is 25.3 Å². The summed E-state index contributed by atoms with van der Waals surface area (Å²) in [7, 11) is 0. The first kappa shape index (κ1) is 11.0. The normalized spacial score (nSPS) is 16.9. The number of hydrogen-bond donors (Lipinski definition) is 3. The van der Waals surface area contributed by atoms with Crippen LogP contribution in [0, 0.1) is 6.92 Å². The fraction of sp³-hybridized carbons (Fsp3) is 0.417. The Hall–Kier alpha value is -1.55. The van der Waals surface area contributed by atoms with E-state index in [1.165, 1.54) is 0 Å². The monoisotopic (exact) mass is 220 g/mol. The first-order valence-electron chi connectivity index (χ1n) is 5.36. The number of hydrogen-bond acceptors (Lipinski definition) is 3. The van der Waals surface area contributed by atoms with Gasteiger partial charge in [0.25, 0.3) is 5.91 Å². The molecule has 0 unspecified atom stereocenters. The molecular weight excluding hydrogens is 204 g/mol. The number of carbonyl (C=O) groups excluding carboxylic acids is 1. The molecule has 1 aromatic rings. The third-order valence-electron chi connectivity index (χ3n) is 3.04. The molecule has 0 heterocycles. The van der Waals surface area contributed by atoms with Crippen LogP contribution in [0.2, 0.25) is 0 Å². The third-order valence-corrected chi connectivity index (χ3v) is 3.04. The van der Waals surface area contributed by atoms with Crippen LogP contribution in [0.4, 0.5) is 5.69 Å². The second-order valence-corrected chi connectivity index (χ2v) is 4.47. The number of nitrogen functional groups attached to an aromatic ring is 1. The molecular formula is C12H16N2O2. The molecule has 86 valence electrons. The van der Waals surface area contributed by atoms with Crippen molar-refractivity contribution in [1.82, 2.24) is 5.32 Å². The molecule has 4 heteroatoms. The van der Waals surface area contributed by atoms with E-state index in [0.29, 0.717) is 11.3 Å². The van der Waals surface area contributed by atoms with Crippen LogP contribution in [0.3, 0.4) is 0 Å². The fourth-order valence-corrected chi connectivity index (χ4v) is 1.67. The molecule has 2 rings (SSSR count). The van der Waals surface area contributed by atoms with Gasteiger partial charge in [-0.15, -0.1) is 0 Å². The van der Waals surface area contributed by atoms with E-state index >= 15 is 0 Å². The maximum absolute atomic E-state index is 12.0. The van der Waals surface area contributed by atoms with Crippen molar-refractivity contribution in [2.75, 3.05) is 12.3 Å². The van der Waals surface area contributed by atoms with Gasteiger partial charge in [-0.25, -0.2) is 0 Å². The van der Waals surface area contributed by atoms with E-state index in [1.54, 1.807) is 12.1 Å². The summed E-state index contributed by atoms with van der Waals surface area (Å²) < 4.78 is 0. The fourth-order valence-electron chi connectivity index (χ4n) is 1.67. The number of anilines is 1. The van der Waals surface area contributed by atoms with Gasteiger partial charge in [0.2, 0.25) is 0 Å². The molecule has 16 heavy (non-hydrogen) atoms. The molecule has 1 aliphatic rings. The van der Waals surface area contributed by atoms with Crippen molar-refractivity contribution in [2.24, 2.45) is 0 Å². The lowest BCUT2D eigenvalue weighted by molar-refractivity contribution is 0.0906. The molecule has 0 bridgehead atoms. The summed E-state index contributed by atoms with van der Waals surface area (Å²) >= 11 is 0. The van der Waals surface area contributed by atoms with E-state index in [0.717, 1.165) is 18.4 Å². The van der Waals surface area contributed by atoms with Crippen molar-refractivity contribution in [3.8, 4) is 0 Å². The van der Waals surface area contributed by atoms with Crippen LogP contribution in [-0.2, 0) is 0 Å². The average molecular weight is 220 g/mol. The number of aryl methyl sites for hydroxylation is 1. The zero-order chi connectivity index (χ0) is 11.8. The molecule has 4 nitrogen and oxygen atoms in total. The van der Waals surface area contributed by atoms with Crippen LogP contribution >= 0.6 is 0 Å². The predicted molar refractivity (Wildman–Crippen MR) is 62.1 cm³/mol. The zero-order valence-corrected chi connectivity index (χ0v) is 9.29. The summed E-state index contributed by atoms with van der Waals surface area (Å²) in [6.45, 7) is 1.87. The van der Waals surface area contributed by atoms with Crippen LogP contribution in [-0.4, -0.2) is 23.2 Å². The SMILES string of the molecule is Cc1ccc(N)cc1C(=O)NC1(CO)CC1. The van der Waals surface area contributed by atoms with Crippen molar-refractivity contribution < 1.29 is 9.90 Å². The predicted octanol–water partition coefficient (Wildman–Crippen LogP) is 0.832. The second kappa shape index (κ2) is 3.79. The average Bonchev–Trinajstić information content (AvgIpc) is 3.02. The van der Waals surface area contributed by atoms with E-state index < -0.39 is 0 Å². The minimum absolute atomic E-state index is 0.000103. The molecule has 4 N–H and O–H groups in total. The molecule has 0 atom stereocenters. The van der Waals surface area contributed by atoms with Crippen LogP contribution in [0.25, 0.3) is 0 Å². The third kappa shape index (κ3) is 2.02. The lowest BCUT2D eigenvalue weighted by Crippen LogP contribution is -2.39. The summed E-state index contributed by atoms with van der Waals surface area (Å²) in [5.41, 5.74) is 7.31. The smallest absolute Gasteiger partial charge is 0.252 e. The van der Waals surface area contributed by atoms with Crippen molar-refractivity contribution >= 4 is 11.6 Å². The Morgan fingerprint density at radius 3 is 2.81 bits per heavy atom. The van der Waals surface area contributed by atoms with E-state index in [1.807, 2.05) is 13.0 Å². The summed E-state index contributed by atoms with van der Waals surface area (Å²) in [6.07, 6.45) is 1.69. The van der Waals surface area contributed by atoms with Gasteiger partial charge in [0.15, 0.2) is 0 Å². The second-order valence-electron chi connectivity index (χ2n) is 4.47. The number of nitrogens with two attached hydrogens (primary N) is 1. The van der Waals surface area contributed by atoms with Gasteiger partial charge >= 0.3 is 0 Å². The largest absolute Gasteiger partial charge is 0.399 e. The molecule has 0 aliphatic heterocycles. The van der Waals surface area contributed by atoms with Gasteiger partial charge in [0.05, 0.1) is 12.1 Å². The number of aliphatic hydroxyl groups excluding tert-OH is 1. The Morgan fingerprint density at radius 1 is 1.56 bits per heavy atom. The summed E-state index contributed by atoms with van der Waals surface area (Å²) in [4.78, 5) is 12.0. The number of amides is 1. The summed E-state index contributed by atoms with van der Waals surface area (Å²) in [5.74, 6) is -0.156. The van der Waals surface area contributed by atoms with Crippen LogP contribution in [0.1, 0.15) is 28.8 Å². The lowest BCUT2D eigenvalue weighted by Gasteiger charge is -2.15. The molecule has 0 radical (unpaired) electrons. The number of aliphatic hydroxyl groups is 1. The molecule has 1 aromatic carbocycles. The molecule has 0 aromatic heterocycles. The molecule has 1 aliphatic carbocycles. The van der Waals surface area contributed by atoms with Crippen molar-refractivity contribution in [3.63, 3.8) is 0 Å². The van der Waals surface area contributed by atoms with Crippen LogP contribution in [0.5, 0.6) is 0 Å². The van der Waals surface area contributed by atoms with Crippen LogP contribution < -0.4 is 11.1 Å². The first-order valence-corrected chi connectivity index (χ1v) is 5.36. The van der Waals surface area contributed by atoms with Gasteiger partial charge in [0, 0.05) is 11.3 Å². The van der Waals surface area contributed by atoms with E-state index in [2.05, 4.69) is 5.32 Å². The van der Waals surface area contributed by atoms with E-state index in [4.69, 9.17) is 10.8 Å². The van der Waals surface area contributed by atoms with Crippen molar-refractivity contribution in [1.29, 1.82) is 0 Å². The molecule has 0 spiro atoms. The lowest BCUT2D eigenvalue weighted by atomic mass is 10.1. The van der Waals surface area contributed by atoms with Crippen LogP contribution in [0.15, 0.2) is 18.2 Å². The Balaban J connectivity index is 2.17. The summed E-state index contributed by atoms with van der Waals surface area (Å²) in [5, 5.41) is 12.0. The van der Waals surface area contributed by atoms with Gasteiger partial charge in [-0.2, -0.15) is 0 Å². The standard InChI is InChI=1S/C12H16N2O2/c1-8-2-3-9(13)6-10(8)11(16)14-12(7-15)4-5-12/h2-3,6,15H,4-5,7,13H2,1H3,(H,14,16). The minimum atomic E-state index is -0.381. The van der Waals surface area contributed by atoms with E-state index in [-0.39, 0.29) is 18.1 Å². The first-order chi connectivity index (χ1) is 7.56.